The third-order valence-corrected chi connectivity index (χ3v) is 4.36. The van der Waals surface area contributed by atoms with Crippen molar-refractivity contribution in [3.8, 4) is 0 Å². The van der Waals surface area contributed by atoms with E-state index in [9.17, 15) is 8.42 Å². The Bertz CT molecular complexity index is 371. The molecule has 0 aromatic heterocycles. The molecule has 1 rings (SSSR count). The molecule has 0 saturated carbocycles. The molecule has 13 heavy (non-hydrogen) atoms. The van der Waals surface area contributed by atoms with Crippen molar-refractivity contribution >= 4 is 9.84 Å². The van der Waals surface area contributed by atoms with E-state index in [4.69, 9.17) is 0 Å². The lowest BCUT2D eigenvalue weighted by Gasteiger charge is -2.18. The highest BCUT2D eigenvalue weighted by Gasteiger charge is 2.30. The van der Waals surface area contributed by atoms with Crippen LogP contribution in [0.25, 0.3) is 0 Å². The Hall–Kier alpha value is -0.830. The molecule has 0 atom stereocenters. The molecule has 0 saturated heterocycles. The van der Waals surface area contributed by atoms with Crippen molar-refractivity contribution in [3.05, 3.63) is 30.3 Å². The van der Waals surface area contributed by atoms with Gasteiger partial charge in [-0.1, -0.05) is 18.2 Å². The van der Waals surface area contributed by atoms with Crippen molar-refractivity contribution in [2.45, 2.75) is 30.4 Å². The van der Waals surface area contributed by atoms with Crippen molar-refractivity contribution in [1.82, 2.24) is 0 Å². The summed E-state index contributed by atoms with van der Waals surface area (Å²) in [6, 6.07) is 8.53. The molecule has 1 aromatic carbocycles. The number of hydrogen-bond acceptors (Lipinski definition) is 2. The Morgan fingerprint density at radius 1 is 1.00 bits per heavy atom. The lowest BCUT2D eigenvalue weighted by molar-refractivity contribution is 0.560. The Morgan fingerprint density at radius 3 is 1.85 bits per heavy atom. The summed E-state index contributed by atoms with van der Waals surface area (Å²) in [5.74, 6) is 0. The molecule has 0 fully saturated rings. The first-order valence-electron chi connectivity index (χ1n) is 4.15. The van der Waals surface area contributed by atoms with Gasteiger partial charge in [0.2, 0.25) is 0 Å². The molecule has 0 amide bonds. The minimum absolute atomic E-state index is 0.391. The van der Waals surface area contributed by atoms with Crippen molar-refractivity contribution in [3.63, 3.8) is 0 Å². The van der Waals surface area contributed by atoms with Gasteiger partial charge in [-0.3, -0.25) is 0 Å². The van der Waals surface area contributed by atoms with Crippen LogP contribution in [-0.2, 0) is 9.84 Å². The van der Waals surface area contributed by atoms with Crippen molar-refractivity contribution in [2.75, 3.05) is 0 Å². The van der Waals surface area contributed by atoms with E-state index in [1.54, 1.807) is 45.0 Å². The quantitative estimate of drug-likeness (QED) is 0.693. The van der Waals surface area contributed by atoms with E-state index in [0.717, 1.165) is 0 Å². The van der Waals surface area contributed by atoms with Gasteiger partial charge >= 0.3 is 0 Å². The molecular weight excluding hydrogens is 184 g/mol. The number of benzene rings is 1. The summed E-state index contributed by atoms with van der Waals surface area (Å²) in [4.78, 5) is 0.391. The molecule has 1 aromatic rings. The van der Waals surface area contributed by atoms with Gasteiger partial charge in [0.1, 0.15) is 0 Å². The molecule has 72 valence electrons. The predicted octanol–water partition coefficient (Wildman–Crippen LogP) is 2.26. The zero-order valence-corrected chi connectivity index (χ0v) is 8.93. The summed E-state index contributed by atoms with van der Waals surface area (Å²) in [7, 11) is -3.18. The molecule has 0 N–H and O–H groups in total. The monoisotopic (exact) mass is 198 g/mol. The van der Waals surface area contributed by atoms with Crippen LogP contribution < -0.4 is 0 Å². The molecule has 0 bridgehead atoms. The molecular formula is C10H14O2S. The SMILES string of the molecule is CC(C)(C)S(=O)(=O)c1ccccc1. The fraction of sp³-hybridized carbons (Fsp3) is 0.400. The summed E-state index contributed by atoms with van der Waals surface area (Å²) in [5, 5.41) is 0. The van der Waals surface area contributed by atoms with Crippen LogP contribution in [0.1, 0.15) is 20.8 Å². The normalized spacial score (nSPS) is 12.8. The topological polar surface area (TPSA) is 34.1 Å². The molecule has 0 unspecified atom stereocenters. The summed E-state index contributed by atoms with van der Waals surface area (Å²) >= 11 is 0. The third kappa shape index (κ3) is 1.91. The molecule has 0 radical (unpaired) electrons. The second-order valence-electron chi connectivity index (χ2n) is 3.93. The lowest BCUT2D eigenvalue weighted by atomic mass is 10.3. The molecule has 3 heteroatoms. The van der Waals surface area contributed by atoms with Crippen LogP contribution in [0, 0.1) is 0 Å². The van der Waals surface area contributed by atoms with Gasteiger partial charge in [-0.25, -0.2) is 8.42 Å². The zero-order valence-electron chi connectivity index (χ0n) is 8.11. The summed E-state index contributed by atoms with van der Waals surface area (Å²) in [6.07, 6.45) is 0. The van der Waals surface area contributed by atoms with E-state index in [2.05, 4.69) is 0 Å². The Labute approximate surface area is 79.5 Å². The highest BCUT2D eigenvalue weighted by molar-refractivity contribution is 7.92. The van der Waals surface area contributed by atoms with Crippen LogP contribution in [0.4, 0.5) is 0 Å². The van der Waals surface area contributed by atoms with E-state index in [1.807, 2.05) is 6.07 Å². The molecule has 0 aliphatic rings. The largest absolute Gasteiger partial charge is 0.223 e. The van der Waals surface area contributed by atoms with Crippen LogP contribution in [0.2, 0.25) is 0 Å². The maximum absolute atomic E-state index is 11.9. The van der Waals surface area contributed by atoms with Gasteiger partial charge < -0.3 is 0 Å². The van der Waals surface area contributed by atoms with Crippen LogP contribution in [0.5, 0.6) is 0 Å². The second-order valence-corrected chi connectivity index (χ2v) is 6.63. The Balaban J connectivity index is 3.26. The fourth-order valence-electron chi connectivity index (χ4n) is 0.953. The molecule has 0 aliphatic carbocycles. The second kappa shape index (κ2) is 3.14. The van der Waals surface area contributed by atoms with Gasteiger partial charge in [0.25, 0.3) is 0 Å². The maximum atomic E-state index is 11.9. The van der Waals surface area contributed by atoms with Gasteiger partial charge in [0.15, 0.2) is 9.84 Å². The fourth-order valence-corrected chi connectivity index (χ4v) is 2.18. The van der Waals surface area contributed by atoms with Gasteiger partial charge in [-0.15, -0.1) is 0 Å². The van der Waals surface area contributed by atoms with Gasteiger partial charge in [-0.2, -0.15) is 0 Å². The smallest absolute Gasteiger partial charge is 0.183 e. The zero-order chi connectivity index (χ0) is 10.1. The van der Waals surface area contributed by atoms with E-state index in [1.165, 1.54) is 0 Å². The Kier molecular flexibility index (Phi) is 2.48. The number of rotatable bonds is 1. The van der Waals surface area contributed by atoms with Gasteiger partial charge in [-0.05, 0) is 32.9 Å². The molecule has 0 spiro atoms. The van der Waals surface area contributed by atoms with Crippen LogP contribution in [-0.4, -0.2) is 13.2 Å². The minimum Gasteiger partial charge on any atom is -0.223 e. The number of hydrogen-bond donors (Lipinski definition) is 0. The van der Waals surface area contributed by atoms with Crippen LogP contribution >= 0.6 is 0 Å². The van der Waals surface area contributed by atoms with Crippen molar-refractivity contribution in [1.29, 1.82) is 0 Å². The van der Waals surface area contributed by atoms with E-state index in [0.29, 0.717) is 4.90 Å². The Morgan fingerprint density at radius 2 is 1.46 bits per heavy atom. The highest BCUT2D eigenvalue weighted by atomic mass is 32.2. The lowest BCUT2D eigenvalue weighted by Crippen LogP contribution is -2.27. The van der Waals surface area contributed by atoms with Crippen molar-refractivity contribution in [2.24, 2.45) is 0 Å². The molecule has 2 nitrogen and oxygen atoms in total. The van der Waals surface area contributed by atoms with Crippen molar-refractivity contribution < 1.29 is 8.42 Å². The summed E-state index contributed by atoms with van der Waals surface area (Å²) in [6.45, 7) is 5.11. The average molecular weight is 198 g/mol. The minimum atomic E-state index is -3.18. The highest BCUT2D eigenvalue weighted by Crippen LogP contribution is 2.23. The average Bonchev–Trinajstić information content (AvgIpc) is 2.04. The summed E-state index contributed by atoms with van der Waals surface area (Å²) < 4.78 is 23.0. The van der Waals surface area contributed by atoms with Gasteiger partial charge in [0, 0.05) is 0 Å². The number of sulfone groups is 1. The molecule has 0 aliphatic heterocycles. The van der Waals surface area contributed by atoms with Crippen LogP contribution in [0.15, 0.2) is 35.2 Å². The van der Waals surface area contributed by atoms with E-state index in [-0.39, 0.29) is 0 Å². The predicted molar refractivity (Wildman–Crippen MR) is 53.4 cm³/mol. The molecule has 0 heterocycles. The first-order valence-corrected chi connectivity index (χ1v) is 5.64. The third-order valence-electron chi connectivity index (χ3n) is 1.86. The van der Waals surface area contributed by atoms with Gasteiger partial charge in [0.05, 0.1) is 9.64 Å². The first-order chi connectivity index (χ1) is 5.86. The first kappa shape index (κ1) is 10.3. The van der Waals surface area contributed by atoms with Crippen LogP contribution in [0.3, 0.4) is 0 Å². The van der Waals surface area contributed by atoms with E-state index < -0.39 is 14.6 Å². The van der Waals surface area contributed by atoms with E-state index >= 15 is 0 Å². The standard InChI is InChI=1S/C10H14O2S/c1-10(2,3)13(11,12)9-7-5-4-6-8-9/h4-8H,1-3H3. The summed E-state index contributed by atoms with van der Waals surface area (Å²) in [5.41, 5.74) is 0. The maximum Gasteiger partial charge on any atom is 0.183 e.